The molecule has 0 aliphatic heterocycles. The third kappa shape index (κ3) is 7.18. The van der Waals surface area contributed by atoms with E-state index in [0.717, 1.165) is 34.1 Å². The summed E-state index contributed by atoms with van der Waals surface area (Å²) in [5.74, 6) is 1.17. The second kappa shape index (κ2) is 13.8. The molecule has 0 spiro atoms. The Labute approximate surface area is 234 Å². The van der Waals surface area contributed by atoms with Crippen LogP contribution < -0.4 is 9.47 Å². The van der Waals surface area contributed by atoms with Crippen LogP contribution in [0.5, 0.6) is 11.5 Å². The average Bonchev–Trinajstić information content (AvgIpc) is 3.49. The van der Waals surface area contributed by atoms with Gasteiger partial charge in [0.25, 0.3) is 5.91 Å². The number of hydrogen-bond acceptors (Lipinski definition) is 5. The Balaban J connectivity index is 1.55. The Morgan fingerprint density at radius 1 is 0.846 bits per heavy atom. The van der Waals surface area contributed by atoms with Gasteiger partial charge in [-0.2, -0.15) is 0 Å². The van der Waals surface area contributed by atoms with E-state index in [1.807, 2.05) is 83.1 Å². The Kier molecular flexibility index (Phi) is 9.97. The van der Waals surface area contributed by atoms with Gasteiger partial charge in [0.05, 0.1) is 20.8 Å². The lowest BCUT2D eigenvalue weighted by molar-refractivity contribution is -0.132. The molecule has 6 nitrogen and oxygen atoms in total. The average molecular weight is 545 g/mol. The van der Waals surface area contributed by atoms with E-state index in [1.54, 1.807) is 30.5 Å². The molecule has 0 fully saturated rings. The molecule has 39 heavy (non-hydrogen) atoms. The second-order valence-electron chi connectivity index (χ2n) is 9.44. The van der Waals surface area contributed by atoms with Crippen LogP contribution in [-0.4, -0.2) is 55.5 Å². The Morgan fingerprint density at radius 3 is 2.38 bits per heavy atom. The summed E-state index contributed by atoms with van der Waals surface area (Å²) in [5, 5.41) is 3.94. The van der Waals surface area contributed by atoms with Gasteiger partial charge in [0.1, 0.15) is 6.54 Å². The van der Waals surface area contributed by atoms with Crippen LogP contribution in [0.25, 0.3) is 10.8 Å². The Bertz CT molecular complexity index is 1380. The highest BCUT2D eigenvalue weighted by Gasteiger charge is 2.24. The molecule has 0 N–H and O–H groups in total. The number of benzene rings is 3. The highest BCUT2D eigenvalue weighted by atomic mass is 32.1. The minimum Gasteiger partial charge on any atom is -0.493 e. The van der Waals surface area contributed by atoms with Crippen LogP contribution >= 0.6 is 11.3 Å². The fourth-order valence-corrected chi connectivity index (χ4v) is 5.35. The summed E-state index contributed by atoms with van der Waals surface area (Å²) in [4.78, 5) is 32.2. The molecular weight excluding hydrogens is 508 g/mol. The molecule has 1 heterocycles. The summed E-state index contributed by atoms with van der Waals surface area (Å²) < 4.78 is 10.8. The number of carbonyl (C=O) groups excluding carboxylic acids is 2. The second-order valence-corrected chi connectivity index (χ2v) is 10.5. The number of rotatable bonds is 13. The summed E-state index contributed by atoms with van der Waals surface area (Å²) in [6.45, 7) is 3.70. The van der Waals surface area contributed by atoms with E-state index in [1.165, 1.54) is 0 Å². The van der Waals surface area contributed by atoms with Crippen molar-refractivity contribution < 1.29 is 19.1 Å². The number of amides is 2. The SMILES string of the molecule is CCCCN(CC(=O)N(CCc1ccc(OC)c(OC)c1)Cc1cccs1)C(=O)c1cccc2ccccc12. The summed E-state index contributed by atoms with van der Waals surface area (Å²) in [7, 11) is 3.23. The van der Waals surface area contributed by atoms with Crippen molar-refractivity contribution in [2.24, 2.45) is 0 Å². The van der Waals surface area contributed by atoms with Crippen molar-refractivity contribution in [3.8, 4) is 11.5 Å². The molecule has 0 atom stereocenters. The van der Waals surface area contributed by atoms with Crippen molar-refractivity contribution in [2.75, 3.05) is 33.9 Å². The molecule has 7 heteroatoms. The first-order chi connectivity index (χ1) is 19.0. The number of thiophene rings is 1. The first-order valence-corrected chi connectivity index (χ1v) is 14.2. The van der Waals surface area contributed by atoms with Crippen molar-refractivity contribution in [3.63, 3.8) is 0 Å². The number of methoxy groups -OCH3 is 2. The zero-order valence-electron chi connectivity index (χ0n) is 22.9. The van der Waals surface area contributed by atoms with Gasteiger partial charge in [-0.25, -0.2) is 0 Å². The first kappa shape index (κ1) is 28.2. The van der Waals surface area contributed by atoms with Crippen LogP contribution in [-0.2, 0) is 17.8 Å². The summed E-state index contributed by atoms with van der Waals surface area (Å²) in [5.41, 5.74) is 1.68. The van der Waals surface area contributed by atoms with Gasteiger partial charge in [-0.05, 0) is 58.8 Å². The largest absolute Gasteiger partial charge is 0.493 e. The number of carbonyl (C=O) groups is 2. The molecule has 0 saturated carbocycles. The molecule has 0 radical (unpaired) electrons. The van der Waals surface area contributed by atoms with Gasteiger partial charge < -0.3 is 19.3 Å². The van der Waals surface area contributed by atoms with Crippen molar-refractivity contribution in [1.29, 1.82) is 0 Å². The van der Waals surface area contributed by atoms with Crippen LogP contribution in [0.1, 0.15) is 40.6 Å². The van der Waals surface area contributed by atoms with Crippen molar-refractivity contribution in [2.45, 2.75) is 32.7 Å². The van der Waals surface area contributed by atoms with Gasteiger partial charge in [0.2, 0.25) is 5.91 Å². The fourth-order valence-electron chi connectivity index (χ4n) is 4.63. The summed E-state index contributed by atoms with van der Waals surface area (Å²) in [6.07, 6.45) is 2.43. The number of ether oxygens (including phenoxy) is 2. The molecule has 0 saturated heterocycles. The zero-order chi connectivity index (χ0) is 27.6. The molecule has 204 valence electrons. The molecule has 2 amide bonds. The molecule has 0 aliphatic carbocycles. The van der Waals surface area contributed by atoms with Crippen LogP contribution in [0, 0.1) is 0 Å². The molecule has 1 aromatic heterocycles. The summed E-state index contributed by atoms with van der Waals surface area (Å²) in [6, 6.07) is 23.5. The molecule has 0 unspecified atom stereocenters. The monoisotopic (exact) mass is 544 g/mol. The zero-order valence-corrected chi connectivity index (χ0v) is 23.7. The topological polar surface area (TPSA) is 59.1 Å². The first-order valence-electron chi connectivity index (χ1n) is 13.3. The standard InChI is InChI=1S/C32H36N2O4S/c1-4-5-18-34(32(36)28-14-8-11-25-10-6-7-13-27(25)28)23-31(35)33(22-26-12-9-20-39-26)19-17-24-15-16-29(37-2)30(21-24)38-3/h6-16,20-21H,4-5,17-19,22-23H2,1-3H3. The Morgan fingerprint density at radius 2 is 1.64 bits per heavy atom. The minimum absolute atomic E-state index is 0.0410. The van der Waals surface area contributed by atoms with E-state index in [0.29, 0.717) is 43.1 Å². The van der Waals surface area contributed by atoms with Crippen molar-refractivity contribution in [1.82, 2.24) is 9.80 Å². The highest BCUT2D eigenvalue weighted by molar-refractivity contribution is 7.09. The van der Waals surface area contributed by atoms with Gasteiger partial charge in [-0.3, -0.25) is 9.59 Å². The maximum absolute atomic E-state index is 13.8. The third-order valence-electron chi connectivity index (χ3n) is 6.81. The van der Waals surface area contributed by atoms with Gasteiger partial charge in [0.15, 0.2) is 11.5 Å². The molecule has 0 bridgehead atoms. The van der Waals surface area contributed by atoms with Crippen LogP contribution in [0.3, 0.4) is 0 Å². The number of unbranched alkanes of at least 4 members (excludes halogenated alkanes) is 1. The van der Waals surface area contributed by atoms with Gasteiger partial charge in [-0.1, -0.05) is 61.9 Å². The normalized spacial score (nSPS) is 10.8. The lowest BCUT2D eigenvalue weighted by Gasteiger charge is -2.28. The van der Waals surface area contributed by atoms with E-state index >= 15 is 0 Å². The van der Waals surface area contributed by atoms with Gasteiger partial charge in [0, 0.05) is 23.5 Å². The van der Waals surface area contributed by atoms with Gasteiger partial charge >= 0.3 is 0 Å². The lowest BCUT2D eigenvalue weighted by atomic mass is 10.0. The van der Waals surface area contributed by atoms with Crippen LogP contribution in [0.15, 0.2) is 78.2 Å². The molecule has 0 aliphatic rings. The maximum Gasteiger partial charge on any atom is 0.254 e. The van der Waals surface area contributed by atoms with E-state index in [-0.39, 0.29) is 18.4 Å². The van der Waals surface area contributed by atoms with E-state index in [9.17, 15) is 9.59 Å². The Hall–Kier alpha value is -3.84. The molecule has 3 aromatic carbocycles. The predicted octanol–water partition coefficient (Wildman–Crippen LogP) is 6.43. The van der Waals surface area contributed by atoms with Crippen LogP contribution in [0.4, 0.5) is 0 Å². The highest BCUT2D eigenvalue weighted by Crippen LogP contribution is 2.28. The van der Waals surface area contributed by atoms with Gasteiger partial charge in [-0.15, -0.1) is 11.3 Å². The number of hydrogen-bond donors (Lipinski definition) is 0. The third-order valence-corrected chi connectivity index (χ3v) is 7.67. The van der Waals surface area contributed by atoms with Crippen LogP contribution in [0.2, 0.25) is 0 Å². The number of fused-ring (bicyclic) bond motifs is 1. The lowest BCUT2D eigenvalue weighted by Crippen LogP contribution is -2.43. The quantitative estimate of drug-likeness (QED) is 0.195. The maximum atomic E-state index is 13.8. The molecule has 4 rings (SSSR count). The smallest absolute Gasteiger partial charge is 0.254 e. The van der Waals surface area contributed by atoms with E-state index in [2.05, 4.69) is 6.92 Å². The van der Waals surface area contributed by atoms with E-state index < -0.39 is 0 Å². The summed E-state index contributed by atoms with van der Waals surface area (Å²) >= 11 is 1.63. The predicted molar refractivity (Wildman–Crippen MR) is 158 cm³/mol. The molecule has 4 aromatic rings. The minimum atomic E-state index is -0.107. The molecular formula is C32H36N2O4S. The van der Waals surface area contributed by atoms with Crippen molar-refractivity contribution >= 4 is 33.9 Å². The fraction of sp³-hybridized carbons (Fsp3) is 0.312. The van der Waals surface area contributed by atoms with Crippen molar-refractivity contribution in [3.05, 3.63) is 94.2 Å². The number of nitrogens with zero attached hydrogens (tertiary/aromatic N) is 2. The van der Waals surface area contributed by atoms with E-state index in [4.69, 9.17) is 9.47 Å².